The zero-order valence-electron chi connectivity index (χ0n) is 17.2. The van der Waals surface area contributed by atoms with Gasteiger partial charge in [-0.15, -0.1) is 0 Å². The van der Waals surface area contributed by atoms with Crippen LogP contribution in [0.25, 0.3) is 0 Å². The van der Waals surface area contributed by atoms with Gasteiger partial charge in [-0.3, -0.25) is 9.59 Å². The van der Waals surface area contributed by atoms with Crippen LogP contribution in [-0.4, -0.2) is 35.8 Å². The highest BCUT2D eigenvalue weighted by Gasteiger charge is 2.18. The minimum atomic E-state index is -0.516. The maximum atomic E-state index is 12.7. The van der Waals surface area contributed by atoms with Crippen molar-refractivity contribution in [3.63, 3.8) is 0 Å². The Labute approximate surface area is 171 Å². The van der Waals surface area contributed by atoms with E-state index in [0.717, 1.165) is 5.56 Å². The molecule has 0 saturated heterocycles. The molecule has 0 aliphatic heterocycles. The number of alkyl carbamates (subject to hydrolysis) is 1. The minimum Gasteiger partial charge on any atom is -0.450 e. The first kappa shape index (κ1) is 22.2. The summed E-state index contributed by atoms with van der Waals surface area (Å²) in [5, 5.41) is 5.52. The zero-order chi connectivity index (χ0) is 21.2. The molecule has 1 aromatic carbocycles. The Kier molecular flexibility index (Phi) is 8.45. The number of nitrogens with zero attached hydrogens (tertiary/aromatic N) is 1. The summed E-state index contributed by atoms with van der Waals surface area (Å²) in [6.07, 6.45) is 1.82. The van der Waals surface area contributed by atoms with Crippen LogP contribution in [0, 0.1) is 5.92 Å². The third-order valence-electron chi connectivity index (χ3n) is 4.32. The van der Waals surface area contributed by atoms with Gasteiger partial charge in [0.15, 0.2) is 0 Å². The van der Waals surface area contributed by atoms with Crippen LogP contribution in [0.15, 0.2) is 53.5 Å². The monoisotopic (exact) mass is 399 g/mol. The number of aromatic nitrogens is 1. The fourth-order valence-electron chi connectivity index (χ4n) is 3.03. The smallest absolute Gasteiger partial charge is 0.407 e. The summed E-state index contributed by atoms with van der Waals surface area (Å²) >= 11 is 0. The summed E-state index contributed by atoms with van der Waals surface area (Å²) < 4.78 is 6.43. The lowest BCUT2D eigenvalue weighted by atomic mass is 10.0. The largest absolute Gasteiger partial charge is 0.450 e. The number of carbonyl (C=O) groups excluding carboxylic acids is 2. The lowest BCUT2D eigenvalue weighted by Crippen LogP contribution is -2.45. The van der Waals surface area contributed by atoms with E-state index in [0.29, 0.717) is 18.9 Å². The molecule has 0 radical (unpaired) electrons. The van der Waals surface area contributed by atoms with E-state index in [1.54, 1.807) is 19.2 Å². The van der Waals surface area contributed by atoms with Crippen LogP contribution in [0.2, 0.25) is 0 Å². The molecule has 7 heteroatoms. The molecule has 0 aliphatic carbocycles. The van der Waals surface area contributed by atoms with E-state index in [1.165, 1.54) is 10.6 Å². The fourth-order valence-corrected chi connectivity index (χ4v) is 3.03. The van der Waals surface area contributed by atoms with Crippen LogP contribution >= 0.6 is 0 Å². The van der Waals surface area contributed by atoms with Crippen molar-refractivity contribution in [2.75, 3.05) is 13.2 Å². The van der Waals surface area contributed by atoms with Gasteiger partial charge in [0.25, 0.3) is 11.5 Å². The Morgan fingerprint density at radius 3 is 2.48 bits per heavy atom. The Morgan fingerprint density at radius 2 is 1.83 bits per heavy atom. The predicted molar refractivity (Wildman–Crippen MR) is 112 cm³/mol. The zero-order valence-corrected chi connectivity index (χ0v) is 17.2. The highest BCUT2D eigenvalue weighted by molar-refractivity contribution is 5.93. The Balaban J connectivity index is 2.06. The maximum absolute atomic E-state index is 12.7. The van der Waals surface area contributed by atoms with Crippen LogP contribution < -0.4 is 16.2 Å². The van der Waals surface area contributed by atoms with Crippen LogP contribution in [0.4, 0.5) is 4.79 Å². The molecule has 2 aromatic rings. The van der Waals surface area contributed by atoms with Crippen molar-refractivity contribution >= 4 is 12.0 Å². The molecule has 1 atom stereocenters. The van der Waals surface area contributed by atoms with Gasteiger partial charge in [-0.2, -0.15) is 0 Å². The molecule has 0 fully saturated rings. The normalized spacial score (nSPS) is 11.7. The van der Waals surface area contributed by atoms with Gasteiger partial charge in [0, 0.05) is 18.8 Å². The third-order valence-corrected chi connectivity index (χ3v) is 4.32. The van der Waals surface area contributed by atoms with Crippen molar-refractivity contribution in [2.24, 2.45) is 5.92 Å². The van der Waals surface area contributed by atoms with Gasteiger partial charge in [-0.05, 0) is 37.0 Å². The molecule has 7 nitrogen and oxygen atoms in total. The number of benzene rings is 1. The van der Waals surface area contributed by atoms with E-state index in [9.17, 15) is 14.4 Å². The number of pyridine rings is 1. The third kappa shape index (κ3) is 7.10. The second-order valence-electron chi connectivity index (χ2n) is 7.24. The number of ether oxygens (including phenoxy) is 1. The molecule has 1 aromatic heterocycles. The molecule has 0 spiro atoms. The number of carbonyl (C=O) groups is 2. The Hall–Kier alpha value is -3.09. The summed E-state index contributed by atoms with van der Waals surface area (Å²) in [5.41, 5.74) is 0.693. The van der Waals surface area contributed by atoms with Gasteiger partial charge in [0.05, 0.1) is 13.2 Å². The summed E-state index contributed by atoms with van der Waals surface area (Å²) in [6, 6.07) is 12.5. The van der Waals surface area contributed by atoms with Gasteiger partial charge in [0.1, 0.15) is 5.56 Å². The lowest BCUT2D eigenvalue weighted by Gasteiger charge is -2.20. The van der Waals surface area contributed by atoms with E-state index >= 15 is 0 Å². The van der Waals surface area contributed by atoms with Crippen molar-refractivity contribution in [1.29, 1.82) is 0 Å². The topological polar surface area (TPSA) is 89.4 Å². The molecule has 0 saturated carbocycles. The van der Waals surface area contributed by atoms with E-state index in [-0.39, 0.29) is 30.3 Å². The van der Waals surface area contributed by atoms with Crippen LogP contribution in [-0.2, 0) is 11.3 Å². The molecule has 1 heterocycles. The van der Waals surface area contributed by atoms with Crippen molar-refractivity contribution < 1.29 is 14.3 Å². The van der Waals surface area contributed by atoms with Gasteiger partial charge in [-0.25, -0.2) is 4.79 Å². The van der Waals surface area contributed by atoms with Crippen molar-refractivity contribution in [2.45, 2.75) is 39.8 Å². The van der Waals surface area contributed by atoms with Gasteiger partial charge in [-0.1, -0.05) is 44.2 Å². The van der Waals surface area contributed by atoms with Gasteiger partial charge in [0.2, 0.25) is 0 Å². The van der Waals surface area contributed by atoms with E-state index in [1.807, 2.05) is 44.2 Å². The summed E-state index contributed by atoms with van der Waals surface area (Å²) in [7, 11) is 0. The molecule has 2 rings (SSSR count). The van der Waals surface area contributed by atoms with Crippen LogP contribution in [0.1, 0.15) is 43.1 Å². The van der Waals surface area contributed by atoms with Crippen molar-refractivity contribution in [1.82, 2.24) is 15.2 Å². The quantitative estimate of drug-likeness (QED) is 0.679. The average Bonchev–Trinajstić information content (AvgIpc) is 2.68. The number of rotatable bonds is 9. The number of nitrogens with one attached hydrogen (secondary N) is 2. The standard InChI is InChI=1S/C22H29N3O4/c1-4-29-22(28)24-18(13-16(2)3)14-23-20(26)19-11-8-12-25(21(19)27)15-17-9-6-5-7-10-17/h5-12,16,18H,4,13-15H2,1-3H3,(H,23,26)(H,24,28). The van der Waals surface area contributed by atoms with Crippen LogP contribution in [0.3, 0.4) is 0 Å². The average molecular weight is 399 g/mol. The lowest BCUT2D eigenvalue weighted by molar-refractivity contribution is 0.0942. The molecule has 0 bridgehead atoms. The minimum absolute atomic E-state index is 0.0721. The second-order valence-corrected chi connectivity index (χ2v) is 7.24. The number of amides is 2. The van der Waals surface area contributed by atoms with Crippen LogP contribution in [0.5, 0.6) is 0 Å². The molecular weight excluding hydrogens is 370 g/mol. The maximum Gasteiger partial charge on any atom is 0.407 e. The molecule has 0 aliphatic rings. The molecule has 2 amide bonds. The summed E-state index contributed by atoms with van der Waals surface area (Å²) in [4.78, 5) is 37.0. The van der Waals surface area contributed by atoms with Gasteiger partial charge >= 0.3 is 6.09 Å². The van der Waals surface area contributed by atoms with E-state index < -0.39 is 12.0 Å². The summed E-state index contributed by atoms with van der Waals surface area (Å²) in [6.45, 7) is 6.67. The Morgan fingerprint density at radius 1 is 1.10 bits per heavy atom. The first-order valence-electron chi connectivity index (χ1n) is 9.85. The highest BCUT2D eigenvalue weighted by atomic mass is 16.5. The first-order chi connectivity index (χ1) is 13.9. The predicted octanol–water partition coefficient (Wildman–Crippen LogP) is 2.79. The molecule has 29 heavy (non-hydrogen) atoms. The SMILES string of the molecule is CCOC(=O)NC(CNC(=O)c1cccn(Cc2ccccc2)c1=O)CC(C)C. The molecule has 156 valence electrons. The molecule has 2 N–H and O–H groups in total. The van der Waals surface area contributed by atoms with Gasteiger partial charge < -0.3 is 19.9 Å². The van der Waals surface area contributed by atoms with E-state index in [2.05, 4.69) is 10.6 Å². The van der Waals surface area contributed by atoms with Crippen molar-refractivity contribution in [3.05, 3.63) is 70.1 Å². The second kappa shape index (κ2) is 11.0. The van der Waals surface area contributed by atoms with E-state index in [4.69, 9.17) is 4.74 Å². The molecular formula is C22H29N3O4. The summed E-state index contributed by atoms with van der Waals surface area (Å²) in [5.74, 6) is -0.143. The Bertz CT molecular complexity index is 862. The fraction of sp³-hybridized carbons (Fsp3) is 0.409. The number of hydrogen-bond donors (Lipinski definition) is 2. The van der Waals surface area contributed by atoms with Crippen molar-refractivity contribution in [3.8, 4) is 0 Å². The number of hydrogen-bond acceptors (Lipinski definition) is 4. The first-order valence-corrected chi connectivity index (χ1v) is 9.85. The highest BCUT2D eigenvalue weighted by Crippen LogP contribution is 2.05. The molecule has 1 unspecified atom stereocenters.